The molecule has 3 aromatic carbocycles. The van der Waals surface area contributed by atoms with Crippen LogP contribution in [0.1, 0.15) is 0 Å². The summed E-state index contributed by atoms with van der Waals surface area (Å²) in [6, 6.07) is 29.5. The van der Waals surface area contributed by atoms with Crippen molar-refractivity contribution in [2.75, 3.05) is 0 Å². The molecular formula is C23H19LiNO2P. The van der Waals surface area contributed by atoms with Gasteiger partial charge in [0.2, 0.25) is 0 Å². The Balaban J connectivity index is 0.00000225. The number of aromatic hydroxyl groups is 1. The van der Waals surface area contributed by atoms with Gasteiger partial charge in [0.25, 0.3) is 0 Å². The first-order chi connectivity index (χ1) is 13.2. The normalized spacial score (nSPS) is 10.9. The van der Waals surface area contributed by atoms with Crippen LogP contribution in [0.25, 0.3) is 11.1 Å². The van der Waals surface area contributed by atoms with Gasteiger partial charge in [-0.15, -0.1) is 0 Å². The third-order valence-electron chi connectivity index (χ3n) is 4.52. The summed E-state index contributed by atoms with van der Waals surface area (Å²) in [4.78, 5) is 4.55. The van der Waals surface area contributed by atoms with Gasteiger partial charge in [0, 0.05) is 27.9 Å². The minimum atomic E-state index is -3.22. The van der Waals surface area contributed by atoms with Crippen molar-refractivity contribution >= 4 is 42.0 Å². The van der Waals surface area contributed by atoms with E-state index < -0.39 is 7.14 Å². The van der Waals surface area contributed by atoms with Crippen molar-refractivity contribution in [1.82, 2.24) is 4.98 Å². The minimum absolute atomic E-state index is 0. The molecule has 0 aliphatic carbocycles. The molecule has 0 saturated heterocycles. The Kier molecular flexibility index (Phi) is 6.22. The second-order valence-electron chi connectivity index (χ2n) is 6.17. The molecule has 0 amide bonds. The first-order valence-corrected chi connectivity index (χ1v) is 10.4. The van der Waals surface area contributed by atoms with E-state index in [0.29, 0.717) is 27.2 Å². The Bertz CT molecular complexity index is 1070. The van der Waals surface area contributed by atoms with Crippen molar-refractivity contribution in [2.24, 2.45) is 0 Å². The van der Waals surface area contributed by atoms with Crippen molar-refractivity contribution in [3.05, 3.63) is 103 Å². The van der Waals surface area contributed by atoms with Gasteiger partial charge in [0.1, 0.15) is 11.2 Å². The summed E-state index contributed by atoms with van der Waals surface area (Å²) in [5.74, 6) is 0.138. The number of para-hydroxylation sites is 1. The number of hydrogen-bond donors (Lipinski definition) is 1. The molecule has 0 unspecified atom stereocenters. The fourth-order valence-electron chi connectivity index (χ4n) is 3.23. The monoisotopic (exact) mass is 379 g/mol. The average molecular weight is 379 g/mol. The molecule has 1 N–H and O–H groups in total. The van der Waals surface area contributed by atoms with E-state index in [0.717, 1.165) is 0 Å². The zero-order valence-electron chi connectivity index (χ0n) is 14.6. The van der Waals surface area contributed by atoms with E-state index in [2.05, 4.69) is 4.98 Å². The molecule has 3 nitrogen and oxygen atoms in total. The van der Waals surface area contributed by atoms with Crippen molar-refractivity contribution in [2.45, 2.75) is 0 Å². The van der Waals surface area contributed by atoms with E-state index >= 15 is 0 Å². The first kappa shape index (κ1) is 20.2. The molecule has 0 bridgehead atoms. The summed E-state index contributed by atoms with van der Waals surface area (Å²) in [5.41, 5.74) is 1.77. The summed E-state index contributed by atoms with van der Waals surface area (Å²) in [7, 11) is -3.22. The van der Waals surface area contributed by atoms with E-state index in [9.17, 15) is 9.67 Å². The predicted octanol–water partition coefficient (Wildman–Crippen LogP) is 3.45. The maximum atomic E-state index is 14.6. The van der Waals surface area contributed by atoms with Gasteiger partial charge >= 0.3 is 18.9 Å². The van der Waals surface area contributed by atoms with Crippen molar-refractivity contribution in [3.63, 3.8) is 0 Å². The fourth-order valence-corrected chi connectivity index (χ4v) is 5.96. The molecule has 28 heavy (non-hydrogen) atoms. The molecule has 0 spiro atoms. The van der Waals surface area contributed by atoms with Crippen LogP contribution in [0.2, 0.25) is 0 Å². The van der Waals surface area contributed by atoms with Crippen LogP contribution < -0.4 is 16.0 Å². The second kappa shape index (κ2) is 8.63. The van der Waals surface area contributed by atoms with Gasteiger partial charge in [-0.1, -0.05) is 84.9 Å². The van der Waals surface area contributed by atoms with Crippen LogP contribution in [0.15, 0.2) is 103 Å². The third kappa shape index (κ3) is 3.58. The van der Waals surface area contributed by atoms with Crippen LogP contribution in [0.5, 0.6) is 5.75 Å². The zero-order chi connectivity index (χ0) is 18.7. The van der Waals surface area contributed by atoms with E-state index in [1.54, 1.807) is 24.4 Å². The van der Waals surface area contributed by atoms with Crippen LogP contribution in [-0.4, -0.2) is 29.0 Å². The van der Waals surface area contributed by atoms with Crippen LogP contribution in [0.3, 0.4) is 0 Å². The quantitative estimate of drug-likeness (QED) is 0.437. The first-order valence-electron chi connectivity index (χ1n) is 8.66. The van der Waals surface area contributed by atoms with Crippen molar-refractivity contribution in [1.29, 1.82) is 0 Å². The fraction of sp³-hybridized carbons (Fsp3) is 0. The van der Waals surface area contributed by atoms with Gasteiger partial charge < -0.3 is 9.67 Å². The summed E-state index contributed by atoms with van der Waals surface area (Å²) in [5, 5.41) is 11.8. The topological polar surface area (TPSA) is 50.2 Å². The number of hydrogen-bond acceptors (Lipinski definition) is 3. The molecule has 0 saturated carbocycles. The average Bonchev–Trinajstić information content (AvgIpc) is 2.75. The summed E-state index contributed by atoms with van der Waals surface area (Å²) in [6.45, 7) is 0. The number of benzene rings is 3. The molecular weight excluding hydrogens is 360 g/mol. The van der Waals surface area contributed by atoms with Gasteiger partial charge in [0.15, 0.2) is 7.14 Å². The van der Waals surface area contributed by atoms with E-state index in [4.69, 9.17) is 0 Å². The summed E-state index contributed by atoms with van der Waals surface area (Å²) in [6.07, 6.45) is 1.65. The molecule has 1 heterocycles. The van der Waals surface area contributed by atoms with Gasteiger partial charge in [-0.05, 0) is 12.1 Å². The van der Waals surface area contributed by atoms with Crippen molar-refractivity contribution < 1.29 is 9.67 Å². The van der Waals surface area contributed by atoms with Crippen LogP contribution in [0.4, 0.5) is 0 Å². The van der Waals surface area contributed by atoms with E-state index in [1.807, 2.05) is 78.9 Å². The van der Waals surface area contributed by atoms with Gasteiger partial charge in [-0.2, -0.15) is 0 Å². The molecule has 0 fully saturated rings. The SMILES string of the molecule is O=P(c1ccccc1)(c1ccccc1)c1ncccc1-c1ccccc1O.[LiH]. The molecule has 0 aliphatic heterocycles. The summed E-state index contributed by atoms with van der Waals surface area (Å²) < 4.78 is 14.6. The number of aromatic nitrogens is 1. The van der Waals surface area contributed by atoms with E-state index in [-0.39, 0.29) is 24.6 Å². The Morgan fingerprint density at radius 1 is 0.643 bits per heavy atom. The Hall–Kier alpha value is -2.56. The van der Waals surface area contributed by atoms with E-state index in [1.165, 1.54) is 0 Å². The molecule has 5 heteroatoms. The van der Waals surface area contributed by atoms with Crippen LogP contribution in [-0.2, 0) is 4.57 Å². The molecule has 4 rings (SSSR count). The maximum absolute atomic E-state index is 14.6. The molecule has 0 atom stereocenters. The third-order valence-corrected chi connectivity index (χ3v) is 7.52. The predicted molar refractivity (Wildman–Crippen MR) is 118 cm³/mol. The molecule has 0 aliphatic rings. The molecule has 4 aromatic rings. The Morgan fingerprint density at radius 3 is 1.71 bits per heavy atom. The van der Waals surface area contributed by atoms with Crippen molar-refractivity contribution in [3.8, 4) is 16.9 Å². The van der Waals surface area contributed by atoms with Crippen LogP contribution >= 0.6 is 7.14 Å². The second-order valence-corrected chi connectivity index (χ2v) is 8.85. The summed E-state index contributed by atoms with van der Waals surface area (Å²) >= 11 is 0. The molecule has 134 valence electrons. The standard InChI is InChI=1S/C23H18NO2P.Li.H/c25-22-16-8-7-14-20(22)21-15-9-17-24-23(21)27(26,18-10-3-1-4-11-18)19-12-5-2-6-13-19;;/h1-17,25H;;. The number of nitrogens with zero attached hydrogens (tertiary/aromatic N) is 1. The number of rotatable bonds is 4. The number of pyridine rings is 1. The number of phenolic OH excluding ortho intramolecular Hbond substituents is 1. The Morgan fingerprint density at radius 2 is 1.14 bits per heavy atom. The van der Waals surface area contributed by atoms with Gasteiger partial charge in [-0.3, -0.25) is 4.98 Å². The van der Waals surface area contributed by atoms with Gasteiger partial charge in [0.05, 0.1) is 0 Å². The molecule has 0 radical (unpaired) electrons. The van der Waals surface area contributed by atoms with Crippen LogP contribution in [0, 0.1) is 0 Å². The molecule has 1 aromatic heterocycles. The number of phenols is 1. The Labute approximate surface area is 176 Å². The van der Waals surface area contributed by atoms with Gasteiger partial charge in [-0.25, -0.2) is 0 Å². The zero-order valence-corrected chi connectivity index (χ0v) is 15.5.